The molecule has 0 fully saturated rings. The van der Waals surface area contributed by atoms with Gasteiger partial charge in [0.1, 0.15) is 0 Å². The highest BCUT2D eigenvalue weighted by Gasteiger charge is 2.21. The van der Waals surface area contributed by atoms with Crippen LogP contribution in [0.4, 0.5) is 4.39 Å². The van der Waals surface area contributed by atoms with Crippen molar-refractivity contribution in [3.05, 3.63) is 29.3 Å². The zero-order valence-electron chi connectivity index (χ0n) is 8.13. The summed E-state index contributed by atoms with van der Waals surface area (Å²) in [7, 11) is 0. The van der Waals surface area contributed by atoms with E-state index in [0.717, 1.165) is 0 Å². The second kappa shape index (κ2) is 3.42. The molecule has 0 atom stereocenters. The van der Waals surface area contributed by atoms with Crippen molar-refractivity contribution >= 4 is 0 Å². The van der Waals surface area contributed by atoms with Crippen molar-refractivity contribution in [2.24, 2.45) is 0 Å². The van der Waals surface area contributed by atoms with E-state index in [1.54, 1.807) is 26.0 Å². The van der Waals surface area contributed by atoms with Gasteiger partial charge < -0.3 is 5.11 Å². The summed E-state index contributed by atoms with van der Waals surface area (Å²) in [5.41, 5.74) is -0.223. The molecule has 3 heteroatoms. The third kappa shape index (κ3) is 2.25. The van der Waals surface area contributed by atoms with E-state index in [1.807, 2.05) is 6.92 Å². The first kappa shape index (κ1) is 10.1. The Kier molecular flexibility index (Phi) is 2.66. The zero-order valence-corrected chi connectivity index (χ0v) is 8.13. The Morgan fingerprint density at radius 1 is 1.46 bits per heavy atom. The van der Waals surface area contributed by atoms with Crippen LogP contribution in [0.15, 0.2) is 12.1 Å². The van der Waals surface area contributed by atoms with Crippen molar-refractivity contribution in [3.63, 3.8) is 0 Å². The van der Waals surface area contributed by atoms with Crippen molar-refractivity contribution in [3.8, 4) is 0 Å². The zero-order chi connectivity index (χ0) is 10.1. The summed E-state index contributed by atoms with van der Waals surface area (Å²) >= 11 is 0. The lowest BCUT2D eigenvalue weighted by Gasteiger charge is -2.17. The number of hydrogen-bond donors (Lipinski definition) is 1. The number of rotatable bonds is 2. The Balaban J connectivity index is 3.13. The predicted molar refractivity (Wildman–Crippen MR) is 48.8 cm³/mol. The molecule has 0 aliphatic rings. The molecular weight excluding hydrogens is 169 g/mol. The van der Waals surface area contributed by atoms with Gasteiger partial charge in [-0.1, -0.05) is 6.92 Å². The average molecular weight is 183 g/mol. The van der Waals surface area contributed by atoms with E-state index < -0.39 is 11.5 Å². The maximum atomic E-state index is 13.3. The molecule has 0 radical (unpaired) electrons. The molecule has 1 rings (SSSR count). The highest BCUT2D eigenvalue weighted by atomic mass is 19.1. The van der Waals surface area contributed by atoms with Crippen molar-refractivity contribution in [1.82, 2.24) is 4.98 Å². The summed E-state index contributed by atoms with van der Waals surface area (Å²) in [4.78, 5) is 3.73. The molecule has 1 aromatic heterocycles. The van der Waals surface area contributed by atoms with E-state index in [1.165, 1.54) is 0 Å². The van der Waals surface area contributed by atoms with E-state index in [2.05, 4.69) is 4.98 Å². The SMILES string of the molecule is CCc1ccc(C(C)(C)O)c(F)n1. The van der Waals surface area contributed by atoms with Gasteiger partial charge in [-0.2, -0.15) is 4.39 Å². The molecule has 1 N–H and O–H groups in total. The molecule has 0 spiro atoms. The lowest BCUT2D eigenvalue weighted by molar-refractivity contribution is 0.0736. The first-order chi connectivity index (χ1) is 5.95. The quantitative estimate of drug-likeness (QED) is 0.711. The van der Waals surface area contributed by atoms with E-state index in [9.17, 15) is 9.50 Å². The van der Waals surface area contributed by atoms with E-state index in [0.29, 0.717) is 12.1 Å². The van der Waals surface area contributed by atoms with Crippen LogP contribution in [-0.4, -0.2) is 10.1 Å². The Labute approximate surface area is 77.4 Å². The highest BCUT2D eigenvalue weighted by molar-refractivity contribution is 5.20. The molecule has 72 valence electrons. The van der Waals surface area contributed by atoms with Gasteiger partial charge >= 0.3 is 0 Å². The Bertz CT molecular complexity index is 304. The minimum Gasteiger partial charge on any atom is -0.386 e. The highest BCUT2D eigenvalue weighted by Crippen LogP contribution is 2.21. The number of aryl methyl sites for hydroxylation is 1. The number of pyridine rings is 1. The molecule has 0 aromatic carbocycles. The maximum absolute atomic E-state index is 13.3. The number of hydrogen-bond acceptors (Lipinski definition) is 2. The first-order valence-corrected chi connectivity index (χ1v) is 4.33. The van der Waals surface area contributed by atoms with E-state index in [-0.39, 0.29) is 5.56 Å². The first-order valence-electron chi connectivity index (χ1n) is 4.33. The van der Waals surface area contributed by atoms with Gasteiger partial charge in [0.05, 0.1) is 5.60 Å². The molecule has 2 nitrogen and oxygen atoms in total. The van der Waals surface area contributed by atoms with Gasteiger partial charge in [0.15, 0.2) is 0 Å². The average Bonchev–Trinajstić information content (AvgIpc) is 2.01. The van der Waals surface area contributed by atoms with Gasteiger partial charge in [0.25, 0.3) is 0 Å². The fraction of sp³-hybridized carbons (Fsp3) is 0.500. The summed E-state index contributed by atoms with van der Waals surface area (Å²) in [5, 5.41) is 9.55. The number of aliphatic hydroxyl groups is 1. The van der Waals surface area contributed by atoms with Gasteiger partial charge in [-0.15, -0.1) is 0 Å². The third-order valence-corrected chi connectivity index (χ3v) is 1.93. The van der Waals surface area contributed by atoms with Gasteiger partial charge in [0.2, 0.25) is 5.95 Å². The van der Waals surface area contributed by atoms with Crippen molar-refractivity contribution < 1.29 is 9.50 Å². The predicted octanol–water partition coefficient (Wildman–Crippen LogP) is 2.01. The van der Waals surface area contributed by atoms with Crippen molar-refractivity contribution in [1.29, 1.82) is 0 Å². The van der Waals surface area contributed by atoms with Crippen LogP contribution in [0.5, 0.6) is 0 Å². The van der Waals surface area contributed by atoms with Gasteiger partial charge in [-0.25, -0.2) is 4.98 Å². The molecule has 0 aliphatic carbocycles. The molecule has 0 aliphatic heterocycles. The summed E-state index contributed by atoms with van der Waals surface area (Å²) in [5.74, 6) is -0.577. The molecule has 0 saturated carbocycles. The largest absolute Gasteiger partial charge is 0.386 e. The van der Waals surface area contributed by atoms with Crippen LogP contribution in [0.1, 0.15) is 32.0 Å². The summed E-state index contributed by atoms with van der Waals surface area (Å²) in [6.07, 6.45) is 0.697. The van der Waals surface area contributed by atoms with Crippen LogP contribution in [0.2, 0.25) is 0 Å². The van der Waals surface area contributed by atoms with E-state index in [4.69, 9.17) is 0 Å². The minimum atomic E-state index is -1.16. The third-order valence-electron chi connectivity index (χ3n) is 1.93. The Hall–Kier alpha value is -0.960. The molecule has 13 heavy (non-hydrogen) atoms. The fourth-order valence-electron chi connectivity index (χ4n) is 1.13. The second-order valence-corrected chi connectivity index (χ2v) is 3.55. The minimum absolute atomic E-state index is 0.240. The van der Waals surface area contributed by atoms with Crippen LogP contribution < -0.4 is 0 Å². The lowest BCUT2D eigenvalue weighted by Crippen LogP contribution is -2.18. The summed E-state index contributed by atoms with van der Waals surface area (Å²) in [6.45, 7) is 4.99. The number of nitrogens with zero attached hydrogens (tertiary/aromatic N) is 1. The Morgan fingerprint density at radius 2 is 2.08 bits per heavy atom. The Morgan fingerprint density at radius 3 is 2.46 bits per heavy atom. The smallest absolute Gasteiger partial charge is 0.219 e. The van der Waals surface area contributed by atoms with Crippen molar-refractivity contribution in [2.75, 3.05) is 0 Å². The van der Waals surface area contributed by atoms with Gasteiger partial charge in [-0.3, -0.25) is 0 Å². The van der Waals surface area contributed by atoms with Crippen molar-refractivity contribution in [2.45, 2.75) is 32.8 Å². The van der Waals surface area contributed by atoms with Crippen LogP contribution in [-0.2, 0) is 12.0 Å². The lowest BCUT2D eigenvalue weighted by atomic mass is 10.00. The van der Waals surface area contributed by atoms with E-state index >= 15 is 0 Å². The molecule has 1 heterocycles. The second-order valence-electron chi connectivity index (χ2n) is 3.55. The maximum Gasteiger partial charge on any atom is 0.219 e. The van der Waals surface area contributed by atoms with Gasteiger partial charge in [0, 0.05) is 11.3 Å². The summed E-state index contributed by atoms with van der Waals surface area (Å²) in [6, 6.07) is 3.32. The molecule has 0 bridgehead atoms. The van der Waals surface area contributed by atoms with Gasteiger partial charge in [-0.05, 0) is 32.4 Å². The standard InChI is InChI=1S/C10H14FNO/c1-4-7-5-6-8(9(11)12-7)10(2,3)13/h5-6,13H,4H2,1-3H3. The van der Waals surface area contributed by atoms with Crippen LogP contribution in [0.3, 0.4) is 0 Å². The monoisotopic (exact) mass is 183 g/mol. The topological polar surface area (TPSA) is 33.1 Å². The van der Waals surface area contributed by atoms with Crippen LogP contribution in [0, 0.1) is 5.95 Å². The number of halogens is 1. The van der Waals surface area contributed by atoms with Crippen LogP contribution in [0.25, 0.3) is 0 Å². The molecule has 0 saturated heterocycles. The fourth-order valence-corrected chi connectivity index (χ4v) is 1.13. The van der Waals surface area contributed by atoms with Crippen LogP contribution >= 0.6 is 0 Å². The summed E-state index contributed by atoms with van der Waals surface area (Å²) < 4.78 is 13.3. The molecule has 0 amide bonds. The normalized spacial score (nSPS) is 11.8. The molecule has 1 aromatic rings. The molecular formula is C10H14FNO. The molecule has 0 unspecified atom stereocenters. The number of aromatic nitrogens is 1.